The van der Waals surface area contributed by atoms with E-state index in [0.717, 1.165) is 16.7 Å². The summed E-state index contributed by atoms with van der Waals surface area (Å²) < 4.78 is 5.03. The zero-order valence-electron chi connectivity index (χ0n) is 20.5. The molecule has 4 amide bonds. The lowest BCUT2D eigenvalue weighted by atomic mass is 10.1. The molecule has 2 aliphatic rings. The number of aliphatic carboxylic acids is 2. The number of thiophene rings is 1. The number of likely N-dealkylation sites (tertiary alicyclic amines) is 2. The standard InChI is InChI=1S/C24H26N4O9S2/c29-18(27-6-5-14(20(27)24(35)36)26-22(32)17-4-2-8-39-17)11-38-12-19(30)28-10-13(9-15(28)23(33)34)25-21(31)16-3-1-7-37-16/h1-4,7-8,13-15,20H,5-6,9-12H2,(H,25,31)(H,26,32)(H,33,34)(H,35,36). The molecule has 13 nitrogen and oxygen atoms in total. The summed E-state index contributed by atoms with van der Waals surface area (Å²) in [6, 6.07) is 2.58. The number of carbonyl (C=O) groups is 6. The van der Waals surface area contributed by atoms with Gasteiger partial charge in [0.05, 0.1) is 28.7 Å². The van der Waals surface area contributed by atoms with Gasteiger partial charge in [-0.1, -0.05) is 6.07 Å². The maximum absolute atomic E-state index is 12.8. The molecule has 2 aromatic heterocycles. The van der Waals surface area contributed by atoms with Crippen LogP contribution in [-0.2, 0) is 19.2 Å². The highest BCUT2D eigenvalue weighted by atomic mass is 32.2. The molecular weight excluding hydrogens is 552 g/mol. The number of carboxylic acid groups (broad SMARTS) is 2. The predicted octanol–water partition coefficient (Wildman–Crippen LogP) is 0.342. The maximum atomic E-state index is 12.8. The van der Waals surface area contributed by atoms with E-state index in [1.165, 1.54) is 28.6 Å². The number of carboxylic acids is 2. The fraction of sp³-hybridized carbons (Fsp3) is 0.417. The minimum Gasteiger partial charge on any atom is -0.480 e. The maximum Gasteiger partial charge on any atom is 0.328 e. The summed E-state index contributed by atoms with van der Waals surface area (Å²) in [5.41, 5.74) is 0. The van der Waals surface area contributed by atoms with Crippen molar-refractivity contribution in [3.05, 3.63) is 46.5 Å². The normalized spacial score (nSPS) is 22.5. The van der Waals surface area contributed by atoms with Crippen LogP contribution in [0.1, 0.15) is 33.1 Å². The molecule has 0 radical (unpaired) electrons. The topological polar surface area (TPSA) is 187 Å². The first-order valence-corrected chi connectivity index (χ1v) is 14.0. The minimum atomic E-state index is -1.25. The van der Waals surface area contributed by atoms with Crippen LogP contribution in [0.5, 0.6) is 0 Å². The number of nitrogens with one attached hydrogen (secondary N) is 2. The smallest absolute Gasteiger partial charge is 0.328 e. The van der Waals surface area contributed by atoms with E-state index in [4.69, 9.17) is 4.42 Å². The third-order valence-electron chi connectivity index (χ3n) is 6.47. The molecule has 0 aliphatic carbocycles. The zero-order valence-corrected chi connectivity index (χ0v) is 22.1. The van der Waals surface area contributed by atoms with Crippen LogP contribution in [0, 0.1) is 0 Å². The van der Waals surface area contributed by atoms with Gasteiger partial charge in [-0.15, -0.1) is 23.1 Å². The Labute approximate surface area is 230 Å². The number of rotatable bonds is 10. The van der Waals surface area contributed by atoms with Gasteiger partial charge in [-0.3, -0.25) is 19.2 Å². The molecule has 0 bridgehead atoms. The van der Waals surface area contributed by atoms with E-state index in [9.17, 15) is 39.0 Å². The van der Waals surface area contributed by atoms with Crippen LogP contribution >= 0.6 is 23.1 Å². The van der Waals surface area contributed by atoms with Gasteiger partial charge in [0.15, 0.2) is 5.76 Å². The first-order chi connectivity index (χ1) is 18.7. The highest BCUT2D eigenvalue weighted by Crippen LogP contribution is 2.23. The molecule has 4 heterocycles. The zero-order chi connectivity index (χ0) is 28.1. The van der Waals surface area contributed by atoms with Crippen molar-refractivity contribution in [1.82, 2.24) is 20.4 Å². The second kappa shape index (κ2) is 12.3. The average molecular weight is 579 g/mol. The first kappa shape index (κ1) is 28.2. The van der Waals surface area contributed by atoms with Crippen molar-refractivity contribution in [1.29, 1.82) is 0 Å². The minimum absolute atomic E-state index is 0.0176. The van der Waals surface area contributed by atoms with Crippen molar-refractivity contribution in [3.63, 3.8) is 0 Å². The van der Waals surface area contributed by atoms with Crippen LogP contribution < -0.4 is 10.6 Å². The van der Waals surface area contributed by atoms with Gasteiger partial charge in [-0.05, 0) is 30.0 Å². The van der Waals surface area contributed by atoms with E-state index in [2.05, 4.69) is 10.6 Å². The van der Waals surface area contributed by atoms with Gasteiger partial charge >= 0.3 is 11.9 Å². The number of hydrogen-bond donors (Lipinski definition) is 4. The van der Waals surface area contributed by atoms with Crippen molar-refractivity contribution in [2.45, 2.75) is 37.0 Å². The lowest BCUT2D eigenvalue weighted by Crippen LogP contribution is -2.51. The Hall–Kier alpha value is -3.85. The first-order valence-electron chi connectivity index (χ1n) is 12.0. The summed E-state index contributed by atoms with van der Waals surface area (Å²) in [5, 5.41) is 26.4. The van der Waals surface area contributed by atoms with Gasteiger partial charge in [0.2, 0.25) is 11.8 Å². The molecule has 0 saturated carbocycles. The molecule has 0 spiro atoms. The lowest BCUT2D eigenvalue weighted by Gasteiger charge is -2.25. The molecule has 2 saturated heterocycles. The van der Waals surface area contributed by atoms with Gasteiger partial charge in [0.1, 0.15) is 12.1 Å². The molecule has 15 heteroatoms. The Kier molecular flexibility index (Phi) is 8.91. The SMILES string of the molecule is O=C(NC1CC(C(=O)O)N(C(=O)CSCC(=O)N2CCC(NC(=O)c3cccs3)C2C(=O)O)C1)c1ccco1. The number of thioether (sulfide) groups is 1. The molecule has 208 valence electrons. The monoisotopic (exact) mass is 578 g/mol. The van der Waals surface area contributed by atoms with Gasteiger partial charge < -0.3 is 35.1 Å². The Bertz CT molecular complexity index is 1220. The van der Waals surface area contributed by atoms with E-state index in [1.54, 1.807) is 23.6 Å². The fourth-order valence-electron chi connectivity index (χ4n) is 4.68. The molecule has 4 rings (SSSR count). The lowest BCUT2D eigenvalue weighted by molar-refractivity contribution is -0.147. The van der Waals surface area contributed by atoms with Crippen LogP contribution in [0.15, 0.2) is 40.3 Å². The van der Waals surface area contributed by atoms with E-state index in [1.807, 2.05) is 0 Å². The van der Waals surface area contributed by atoms with Crippen LogP contribution in [-0.4, -0.2) is 104 Å². The molecule has 2 aromatic rings. The van der Waals surface area contributed by atoms with Crippen molar-refractivity contribution in [2.24, 2.45) is 0 Å². The quantitative estimate of drug-likeness (QED) is 0.306. The summed E-state index contributed by atoms with van der Waals surface area (Å²) in [4.78, 5) is 76.7. The molecule has 4 N–H and O–H groups in total. The van der Waals surface area contributed by atoms with Crippen molar-refractivity contribution in [3.8, 4) is 0 Å². The van der Waals surface area contributed by atoms with Crippen molar-refractivity contribution in [2.75, 3.05) is 24.6 Å². The summed E-state index contributed by atoms with van der Waals surface area (Å²) in [6.07, 6.45) is 1.62. The van der Waals surface area contributed by atoms with Crippen LogP contribution in [0.25, 0.3) is 0 Å². The number of hydrogen-bond acceptors (Lipinski definition) is 9. The largest absolute Gasteiger partial charge is 0.480 e. The molecule has 0 aromatic carbocycles. The summed E-state index contributed by atoms with van der Waals surface area (Å²) in [7, 11) is 0. The highest BCUT2D eigenvalue weighted by Gasteiger charge is 2.43. The van der Waals surface area contributed by atoms with Crippen LogP contribution in [0.3, 0.4) is 0 Å². The van der Waals surface area contributed by atoms with Crippen molar-refractivity contribution < 1.29 is 43.4 Å². The Morgan fingerprint density at radius 1 is 0.974 bits per heavy atom. The number of nitrogens with zero attached hydrogens (tertiary/aromatic N) is 2. The second-order valence-corrected chi connectivity index (χ2v) is 10.9. The summed E-state index contributed by atoms with van der Waals surface area (Å²) in [5.74, 6) is -4.77. The summed E-state index contributed by atoms with van der Waals surface area (Å²) in [6.45, 7) is 0.111. The van der Waals surface area contributed by atoms with Crippen molar-refractivity contribution >= 4 is 58.7 Å². The number of carbonyl (C=O) groups excluding carboxylic acids is 4. The van der Waals surface area contributed by atoms with Gasteiger partial charge in [0.25, 0.3) is 11.8 Å². The molecule has 4 unspecified atom stereocenters. The van der Waals surface area contributed by atoms with Gasteiger partial charge in [-0.25, -0.2) is 9.59 Å². The molecule has 2 fully saturated rings. The van der Waals surface area contributed by atoms with E-state index >= 15 is 0 Å². The molecule has 39 heavy (non-hydrogen) atoms. The third kappa shape index (κ3) is 6.60. The fourth-order valence-corrected chi connectivity index (χ4v) is 6.09. The van der Waals surface area contributed by atoms with Crippen LogP contribution in [0.4, 0.5) is 0 Å². The second-order valence-electron chi connectivity index (χ2n) is 8.99. The highest BCUT2D eigenvalue weighted by molar-refractivity contribution is 8.00. The van der Waals surface area contributed by atoms with Crippen LogP contribution in [0.2, 0.25) is 0 Å². The average Bonchev–Trinajstić information content (AvgIpc) is 3.70. The predicted molar refractivity (Wildman–Crippen MR) is 138 cm³/mol. The third-order valence-corrected chi connectivity index (χ3v) is 8.24. The Balaban J connectivity index is 1.28. The molecule has 2 aliphatic heterocycles. The van der Waals surface area contributed by atoms with Gasteiger partial charge in [-0.2, -0.15) is 0 Å². The van der Waals surface area contributed by atoms with E-state index in [-0.39, 0.29) is 43.2 Å². The molecule has 4 atom stereocenters. The molecular formula is C24H26N4O9S2. The van der Waals surface area contributed by atoms with E-state index in [0.29, 0.717) is 4.88 Å². The number of amides is 4. The van der Waals surface area contributed by atoms with Gasteiger partial charge in [0, 0.05) is 25.6 Å². The number of furan rings is 1. The Morgan fingerprint density at radius 3 is 2.33 bits per heavy atom. The van der Waals surface area contributed by atoms with E-state index < -0.39 is 59.7 Å². The summed E-state index contributed by atoms with van der Waals surface area (Å²) >= 11 is 2.16. The Morgan fingerprint density at radius 2 is 1.72 bits per heavy atom.